The van der Waals surface area contributed by atoms with Gasteiger partial charge in [-0.2, -0.15) is 0 Å². The van der Waals surface area contributed by atoms with Crippen LogP contribution >= 0.6 is 0 Å². The normalized spacial score (nSPS) is 26.8. The number of methoxy groups -OCH3 is 1. The van der Waals surface area contributed by atoms with Crippen molar-refractivity contribution >= 4 is 18.0 Å². The van der Waals surface area contributed by atoms with E-state index in [0.29, 0.717) is 17.7 Å². The maximum atomic E-state index is 12.8. The molecule has 0 spiro atoms. The number of aliphatic hydroxyl groups excluding tert-OH is 1. The molecule has 140 valence electrons. The molecule has 26 heavy (non-hydrogen) atoms. The van der Waals surface area contributed by atoms with E-state index in [-0.39, 0.29) is 24.6 Å². The van der Waals surface area contributed by atoms with Crippen LogP contribution in [-0.4, -0.2) is 46.2 Å². The van der Waals surface area contributed by atoms with Crippen LogP contribution < -0.4 is 5.56 Å². The van der Waals surface area contributed by atoms with Gasteiger partial charge in [0.05, 0.1) is 25.1 Å². The van der Waals surface area contributed by atoms with Crippen molar-refractivity contribution in [2.45, 2.75) is 38.9 Å². The molecule has 0 unspecified atom stereocenters. The van der Waals surface area contributed by atoms with E-state index in [2.05, 4.69) is 0 Å². The monoisotopic (exact) mass is 360 g/mol. The predicted molar refractivity (Wildman–Crippen MR) is 95.2 cm³/mol. The molecule has 1 aromatic heterocycles. The van der Waals surface area contributed by atoms with Crippen LogP contribution in [0.3, 0.4) is 0 Å². The Kier molecular flexibility index (Phi) is 5.00. The van der Waals surface area contributed by atoms with Gasteiger partial charge in [0.1, 0.15) is 0 Å². The van der Waals surface area contributed by atoms with Gasteiger partial charge in [-0.05, 0) is 19.1 Å². The highest BCUT2D eigenvalue weighted by atomic mass is 16.5. The van der Waals surface area contributed by atoms with Gasteiger partial charge >= 0.3 is 5.97 Å². The topological polar surface area (TPSA) is 88.8 Å². The summed E-state index contributed by atoms with van der Waals surface area (Å²) in [6, 6.07) is 2.50. The molecule has 3 heterocycles. The SMILES string of the molecule is C/C=C\c1ccc2n(c1=O)C[C@@H]1[C@@H](CO)[C@H](C(=O)OC)[C@H]2N1C(=O)CC. The van der Waals surface area contributed by atoms with Crippen LogP contribution in [0.1, 0.15) is 37.6 Å². The Morgan fingerprint density at radius 3 is 2.69 bits per heavy atom. The molecule has 1 saturated heterocycles. The summed E-state index contributed by atoms with van der Waals surface area (Å²) >= 11 is 0. The van der Waals surface area contributed by atoms with E-state index in [1.165, 1.54) is 7.11 Å². The second-order valence-electron chi connectivity index (χ2n) is 6.69. The lowest BCUT2D eigenvalue weighted by Gasteiger charge is -2.38. The molecule has 3 rings (SSSR count). The van der Waals surface area contributed by atoms with Gasteiger partial charge in [0.25, 0.3) is 5.56 Å². The van der Waals surface area contributed by atoms with Crippen molar-refractivity contribution in [2.24, 2.45) is 11.8 Å². The van der Waals surface area contributed by atoms with Crippen LogP contribution in [0.2, 0.25) is 0 Å². The Morgan fingerprint density at radius 2 is 2.12 bits per heavy atom. The number of esters is 1. The fourth-order valence-corrected chi connectivity index (χ4v) is 4.36. The maximum Gasteiger partial charge on any atom is 0.311 e. The highest BCUT2D eigenvalue weighted by molar-refractivity contribution is 5.81. The van der Waals surface area contributed by atoms with Crippen molar-refractivity contribution in [3.8, 4) is 0 Å². The van der Waals surface area contributed by atoms with Gasteiger partial charge in [-0.3, -0.25) is 14.4 Å². The highest BCUT2D eigenvalue weighted by Crippen LogP contribution is 2.48. The molecule has 1 fully saturated rings. The zero-order chi connectivity index (χ0) is 19.0. The summed E-state index contributed by atoms with van der Waals surface area (Å²) < 4.78 is 6.59. The third-order valence-electron chi connectivity index (χ3n) is 5.48. The number of rotatable bonds is 4. The molecule has 7 heteroatoms. The number of pyridine rings is 1. The molecule has 2 aliphatic rings. The summed E-state index contributed by atoms with van der Waals surface area (Å²) in [6.07, 6.45) is 3.82. The number of carbonyl (C=O) groups excluding carboxylic acids is 2. The first-order valence-corrected chi connectivity index (χ1v) is 8.86. The summed E-state index contributed by atoms with van der Waals surface area (Å²) in [7, 11) is 1.30. The van der Waals surface area contributed by atoms with Gasteiger partial charge in [0.15, 0.2) is 0 Å². The lowest BCUT2D eigenvalue weighted by molar-refractivity contribution is -0.148. The Labute approximate surface area is 151 Å². The number of fused-ring (bicyclic) bond motifs is 4. The van der Waals surface area contributed by atoms with E-state index >= 15 is 0 Å². The molecule has 2 aliphatic heterocycles. The molecule has 2 bridgehead atoms. The van der Waals surface area contributed by atoms with Crippen molar-refractivity contribution in [2.75, 3.05) is 13.7 Å². The van der Waals surface area contributed by atoms with E-state index in [1.807, 2.05) is 6.92 Å². The van der Waals surface area contributed by atoms with E-state index in [0.717, 1.165) is 0 Å². The number of aromatic nitrogens is 1. The lowest BCUT2D eigenvalue weighted by Crippen LogP contribution is -2.49. The fraction of sp³-hybridized carbons (Fsp3) is 0.526. The lowest BCUT2D eigenvalue weighted by atomic mass is 9.87. The number of allylic oxidation sites excluding steroid dienone is 1. The number of hydrogen-bond acceptors (Lipinski definition) is 5. The second kappa shape index (κ2) is 7.07. The number of hydrogen-bond donors (Lipinski definition) is 1. The minimum Gasteiger partial charge on any atom is -0.469 e. The molecule has 0 aromatic carbocycles. The summed E-state index contributed by atoms with van der Waals surface area (Å²) in [4.78, 5) is 39.6. The van der Waals surface area contributed by atoms with Gasteiger partial charge in [0.2, 0.25) is 5.91 Å². The first-order valence-electron chi connectivity index (χ1n) is 8.86. The molecule has 0 saturated carbocycles. The minimum atomic E-state index is -0.689. The van der Waals surface area contributed by atoms with Crippen LogP contribution in [0.4, 0.5) is 0 Å². The van der Waals surface area contributed by atoms with Crippen molar-refractivity contribution in [3.63, 3.8) is 0 Å². The highest BCUT2D eigenvalue weighted by Gasteiger charge is 2.57. The number of amides is 1. The molecule has 1 amide bonds. The van der Waals surface area contributed by atoms with E-state index in [4.69, 9.17) is 4.74 Å². The third kappa shape index (κ3) is 2.58. The smallest absolute Gasteiger partial charge is 0.311 e. The van der Waals surface area contributed by atoms with Crippen LogP contribution in [-0.2, 0) is 20.9 Å². The Balaban J connectivity index is 2.21. The van der Waals surface area contributed by atoms with Crippen LogP contribution in [0.25, 0.3) is 6.08 Å². The molecule has 0 aliphatic carbocycles. The van der Waals surface area contributed by atoms with Gasteiger partial charge in [-0.15, -0.1) is 0 Å². The summed E-state index contributed by atoms with van der Waals surface area (Å²) in [6.45, 7) is 3.61. The first-order chi connectivity index (χ1) is 12.5. The van der Waals surface area contributed by atoms with Crippen molar-refractivity contribution in [1.82, 2.24) is 9.47 Å². The Morgan fingerprint density at radius 1 is 1.38 bits per heavy atom. The van der Waals surface area contributed by atoms with Crippen molar-refractivity contribution < 1.29 is 19.4 Å². The molecule has 4 atom stereocenters. The van der Waals surface area contributed by atoms with Crippen LogP contribution in [0, 0.1) is 11.8 Å². The average Bonchev–Trinajstić information content (AvgIpc) is 2.90. The number of nitrogens with zero attached hydrogens (tertiary/aromatic N) is 2. The fourth-order valence-electron chi connectivity index (χ4n) is 4.36. The summed E-state index contributed by atoms with van der Waals surface area (Å²) in [5.74, 6) is -1.72. The van der Waals surface area contributed by atoms with E-state index in [1.54, 1.807) is 40.7 Å². The first kappa shape index (κ1) is 18.4. The Bertz CT molecular complexity index is 813. The molecular formula is C19H24N2O5. The largest absolute Gasteiger partial charge is 0.469 e. The van der Waals surface area contributed by atoms with Gasteiger partial charge in [0, 0.05) is 36.7 Å². The van der Waals surface area contributed by atoms with E-state index in [9.17, 15) is 19.5 Å². The second-order valence-corrected chi connectivity index (χ2v) is 6.69. The summed E-state index contributed by atoms with van der Waals surface area (Å²) in [5.41, 5.74) is 1.02. The van der Waals surface area contributed by atoms with Crippen molar-refractivity contribution in [3.05, 3.63) is 39.8 Å². The number of carbonyl (C=O) groups is 2. The van der Waals surface area contributed by atoms with Crippen LogP contribution in [0.5, 0.6) is 0 Å². The zero-order valence-corrected chi connectivity index (χ0v) is 15.2. The van der Waals surface area contributed by atoms with Crippen molar-refractivity contribution in [1.29, 1.82) is 0 Å². The van der Waals surface area contributed by atoms with Gasteiger partial charge in [-0.25, -0.2) is 0 Å². The quantitative estimate of drug-likeness (QED) is 0.808. The van der Waals surface area contributed by atoms with Crippen LogP contribution in [0.15, 0.2) is 23.0 Å². The van der Waals surface area contributed by atoms with E-state index < -0.39 is 29.9 Å². The Hall–Kier alpha value is -2.41. The molecule has 7 nitrogen and oxygen atoms in total. The maximum absolute atomic E-state index is 12.8. The molecule has 1 aromatic rings. The number of aliphatic hydroxyl groups is 1. The minimum absolute atomic E-state index is 0.0962. The van der Waals surface area contributed by atoms with Gasteiger partial charge < -0.3 is 19.3 Å². The molecular weight excluding hydrogens is 336 g/mol. The summed E-state index contributed by atoms with van der Waals surface area (Å²) in [5, 5.41) is 9.94. The molecule has 0 radical (unpaired) electrons. The average molecular weight is 360 g/mol. The third-order valence-corrected chi connectivity index (χ3v) is 5.48. The molecule has 1 N–H and O–H groups in total. The number of ether oxygens (including phenoxy) is 1. The van der Waals surface area contributed by atoms with Gasteiger partial charge in [-0.1, -0.05) is 19.1 Å². The zero-order valence-electron chi connectivity index (χ0n) is 15.2. The predicted octanol–water partition coefficient (Wildman–Crippen LogP) is 0.955. The standard InChI is InChI=1S/C19H24N2O5/c1-4-6-11-7-8-13-17-16(19(25)26-3)12(10-22)14(9-20(13)18(11)24)21(17)15(23)5-2/h4,6-8,12,14,16-17,22H,5,9-10H2,1-3H3/b6-4-/t12-,14-,16+,17+/m1/s1.